The molecular weight excluding hydrogens is 432 g/mol. The fourth-order valence-corrected chi connectivity index (χ4v) is 4.31. The number of likely N-dealkylation sites (N-methyl/N-ethyl adjacent to an activating group) is 1. The van der Waals surface area contributed by atoms with Gasteiger partial charge in [0.15, 0.2) is 5.65 Å². The summed E-state index contributed by atoms with van der Waals surface area (Å²) in [5.74, 6) is 0.839. The van der Waals surface area contributed by atoms with Gasteiger partial charge in [0.1, 0.15) is 5.82 Å². The fourth-order valence-electron chi connectivity index (χ4n) is 4.18. The van der Waals surface area contributed by atoms with Gasteiger partial charge >= 0.3 is 0 Å². The minimum Gasteiger partial charge on any atom is -0.382 e. The van der Waals surface area contributed by atoms with Crippen LogP contribution < -0.4 is 10.2 Å². The number of benzene rings is 1. The number of rotatable bonds is 9. The molecule has 1 saturated carbocycles. The summed E-state index contributed by atoms with van der Waals surface area (Å²) < 4.78 is 2.02. The second-order valence-electron chi connectivity index (χ2n) is 8.67. The van der Waals surface area contributed by atoms with Gasteiger partial charge in [-0.1, -0.05) is 37.2 Å². The molecule has 6 nitrogen and oxygen atoms in total. The van der Waals surface area contributed by atoms with E-state index in [-0.39, 0.29) is 6.04 Å². The molecule has 0 aliphatic heterocycles. The standard InChI is InChI=1S/C26H31ClN6/c1-6-22(28)24(23(7-2)29-20-12-13-20)25(18-8-10-19(27)11-9-18)32(5)21-14-16(3)26-31-30-17(4)33(26)15-21/h7-11,14-15,20,25,28-29H,2,6,12-13H2,1,3-5H3/b24-23+,28-22?. The number of fused-ring (bicyclic) bond motifs is 1. The maximum atomic E-state index is 8.93. The van der Waals surface area contributed by atoms with E-state index in [1.165, 1.54) is 0 Å². The zero-order valence-electron chi connectivity index (χ0n) is 19.7. The summed E-state index contributed by atoms with van der Waals surface area (Å²) in [5, 5.41) is 21.8. The summed E-state index contributed by atoms with van der Waals surface area (Å²) in [6.45, 7) is 10.1. The van der Waals surface area contributed by atoms with Crippen molar-refractivity contribution >= 4 is 28.6 Å². The first-order valence-corrected chi connectivity index (χ1v) is 11.7. The van der Waals surface area contributed by atoms with Gasteiger partial charge in [-0.15, -0.1) is 10.2 Å². The van der Waals surface area contributed by atoms with Gasteiger partial charge in [0.2, 0.25) is 0 Å². The average molecular weight is 463 g/mol. The van der Waals surface area contributed by atoms with Crippen molar-refractivity contribution < 1.29 is 0 Å². The number of pyridine rings is 1. The predicted molar refractivity (Wildman–Crippen MR) is 136 cm³/mol. The van der Waals surface area contributed by atoms with E-state index in [9.17, 15) is 0 Å². The zero-order valence-corrected chi connectivity index (χ0v) is 20.4. The third-order valence-corrected chi connectivity index (χ3v) is 6.46. The van der Waals surface area contributed by atoms with Gasteiger partial charge in [0.25, 0.3) is 0 Å². The number of allylic oxidation sites excluding steroid dienone is 1. The van der Waals surface area contributed by atoms with Crippen LogP contribution in [0.2, 0.25) is 5.02 Å². The van der Waals surface area contributed by atoms with E-state index in [0.29, 0.717) is 23.2 Å². The monoisotopic (exact) mass is 462 g/mol. The molecule has 33 heavy (non-hydrogen) atoms. The lowest BCUT2D eigenvalue weighted by molar-refractivity contribution is 0.744. The van der Waals surface area contributed by atoms with Crippen LogP contribution in [0.1, 0.15) is 49.2 Å². The number of hydrogen-bond acceptors (Lipinski definition) is 5. The van der Waals surface area contributed by atoms with Gasteiger partial charge in [-0.2, -0.15) is 0 Å². The molecule has 1 fully saturated rings. The largest absolute Gasteiger partial charge is 0.382 e. The Hall–Kier alpha value is -3.12. The van der Waals surface area contributed by atoms with Gasteiger partial charge in [-0.05, 0) is 68.5 Å². The molecule has 4 rings (SSSR count). The van der Waals surface area contributed by atoms with Crippen LogP contribution in [0.15, 0.2) is 60.5 Å². The van der Waals surface area contributed by atoms with Gasteiger partial charge in [-0.25, -0.2) is 0 Å². The Kier molecular flexibility index (Phi) is 6.56. The van der Waals surface area contributed by atoms with Crippen molar-refractivity contribution in [3.8, 4) is 0 Å². The molecule has 0 amide bonds. The molecule has 1 aliphatic rings. The predicted octanol–water partition coefficient (Wildman–Crippen LogP) is 5.80. The first-order chi connectivity index (χ1) is 15.8. The molecule has 0 bridgehead atoms. The van der Waals surface area contributed by atoms with Crippen LogP contribution in [0.3, 0.4) is 0 Å². The van der Waals surface area contributed by atoms with Crippen LogP contribution in [0.4, 0.5) is 5.69 Å². The SMILES string of the molecule is C=C/C(NC1CC1)=C(/C(=N)CC)C(c1ccc(Cl)cc1)N(C)c1cc(C)c2nnc(C)n2c1. The smallest absolute Gasteiger partial charge is 0.163 e. The third-order valence-electron chi connectivity index (χ3n) is 6.21. The summed E-state index contributed by atoms with van der Waals surface area (Å²) in [6, 6.07) is 10.3. The third kappa shape index (κ3) is 4.67. The normalized spacial score (nSPS) is 15.2. The summed E-state index contributed by atoms with van der Waals surface area (Å²) in [7, 11) is 2.07. The van der Waals surface area contributed by atoms with Crippen molar-refractivity contribution in [1.82, 2.24) is 19.9 Å². The number of anilines is 1. The summed E-state index contributed by atoms with van der Waals surface area (Å²) in [5.41, 5.74) is 6.42. The van der Waals surface area contributed by atoms with E-state index in [1.54, 1.807) is 0 Å². The molecule has 2 aromatic heterocycles. The molecule has 1 aromatic carbocycles. The first kappa shape index (κ1) is 23.1. The average Bonchev–Trinajstić information content (AvgIpc) is 3.56. The summed E-state index contributed by atoms with van der Waals surface area (Å²) in [4.78, 5) is 2.22. The van der Waals surface area contributed by atoms with Crippen molar-refractivity contribution in [2.75, 3.05) is 11.9 Å². The Morgan fingerprint density at radius 1 is 1.30 bits per heavy atom. The number of aryl methyl sites for hydroxylation is 2. The van der Waals surface area contributed by atoms with Crippen molar-refractivity contribution in [1.29, 1.82) is 5.41 Å². The molecule has 2 heterocycles. The second kappa shape index (κ2) is 9.40. The van der Waals surface area contributed by atoms with E-state index < -0.39 is 0 Å². The van der Waals surface area contributed by atoms with Crippen LogP contribution in [0.5, 0.6) is 0 Å². The van der Waals surface area contributed by atoms with Crippen molar-refractivity contribution in [2.45, 2.75) is 52.1 Å². The fraction of sp³-hybridized carbons (Fsp3) is 0.346. The van der Waals surface area contributed by atoms with Crippen LogP contribution >= 0.6 is 11.6 Å². The Bertz CT molecular complexity index is 1220. The highest BCUT2D eigenvalue weighted by Crippen LogP contribution is 2.36. The Morgan fingerprint density at radius 2 is 2.00 bits per heavy atom. The quantitative estimate of drug-likeness (QED) is 0.311. The number of halogens is 1. The molecule has 0 radical (unpaired) electrons. The molecule has 1 atom stereocenters. The molecule has 172 valence electrons. The van der Waals surface area contributed by atoms with Crippen molar-refractivity contribution in [3.63, 3.8) is 0 Å². The molecular formula is C26H31ClN6. The minimum absolute atomic E-state index is 0.206. The van der Waals surface area contributed by atoms with E-state index in [2.05, 4.69) is 46.3 Å². The van der Waals surface area contributed by atoms with Gasteiger partial charge < -0.3 is 15.6 Å². The minimum atomic E-state index is -0.206. The van der Waals surface area contributed by atoms with Gasteiger partial charge in [-0.3, -0.25) is 4.40 Å². The highest BCUT2D eigenvalue weighted by Gasteiger charge is 2.30. The number of nitrogens with one attached hydrogen (secondary N) is 2. The van der Waals surface area contributed by atoms with Crippen LogP contribution in [0.25, 0.3) is 5.65 Å². The van der Waals surface area contributed by atoms with E-state index in [4.69, 9.17) is 17.0 Å². The second-order valence-corrected chi connectivity index (χ2v) is 9.11. The van der Waals surface area contributed by atoms with Crippen molar-refractivity contribution in [2.24, 2.45) is 0 Å². The van der Waals surface area contributed by atoms with Gasteiger partial charge in [0.05, 0.1) is 11.7 Å². The topological polar surface area (TPSA) is 69.3 Å². The van der Waals surface area contributed by atoms with E-state index >= 15 is 0 Å². The molecule has 0 saturated heterocycles. The summed E-state index contributed by atoms with van der Waals surface area (Å²) >= 11 is 6.23. The zero-order chi connectivity index (χ0) is 23.7. The van der Waals surface area contributed by atoms with Crippen LogP contribution in [-0.4, -0.2) is 33.4 Å². The highest BCUT2D eigenvalue weighted by molar-refractivity contribution is 6.30. The summed E-state index contributed by atoms with van der Waals surface area (Å²) in [6.07, 6.45) is 6.84. The Balaban J connectivity index is 1.91. The van der Waals surface area contributed by atoms with Gasteiger partial charge in [0, 0.05) is 41.3 Å². The molecule has 1 unspecified atom stereocenters. The van der Waals surface area contributed by atoms with Crippen LogP contribution in [-0.2, 0) is 0 Å². The number of hydrogen-bond donors (Lipinski definition) is 2. The molecule has 7 heteroatoms. The number of aromatic nitrogens is 3. The molecule has 1 aliphatic carbocycles. The maximum absolute atomic E-state index is 8.93. The first-order valence-electron chi connectivity index (χ1n) is 11.3. The molecule has 3 aromatic rings. The van der Waals surface area contributed by atoms with E-state index in [0.717, 1.165) is 52.4 Å². The lowest BCUT2D eigenvalue weighted by Gasteiger charge is -2.34. The molecule has 2 N–H and O–H groups in total. The molecule has 0 spiro atoms. The van der Waals surface area contributed by atoms with E-state index in [1.807, 2.05) is 55.5 Å². The lowest BCUT2D eigenvalue weighted by Crippen LogP contribution is -2.32. The Labute approximate surface area is 200 Å². The van der Waals surface area contributed by atoms with Crippen LogP contribution in [0, 0.1) is 19.3 Å². The van der Waals surface area contributed by atoms with Crippen molar-refractivity contribution in [3.05, 3.63) is 82.4 Å². The maximum Gasteiger partial charge on any atom is 0.163 e. The number of nitrogens with zero attached hydrogens (tertiary/aromatic N) is 4. The highest BCUT2D eigenvalue weighted by atomic mass is 35.5. The lowest BCUT2D eigenvalue weighted by atomic mass is 9.90. The Morgan fingerprint density at radius 3 is 2.61 bits per heavy atom.